The number of methoxy groups -OCH3 is 1. The van der Waals surface area contributed by atoms with E-state index in [2.05, 4.69) is 9.88 Å². The molecule has 1 unspecified atom stereocenters. The Labute approximate surface area is 142 Å². The monoisotopic (exact) mass is 334 g/mol. The number of carbonyl (C=O) groups is 1. The van der Waals surface area contributed by atoms with Gasteiger partial charge in [-0.25, -0.2) is 4.98 Å². The zero-order chi connectivity index (χ0) is 16.9. The van der Waals surface area contributed by atoms with Gasteiger partial charge in [0.05, 0.1) is 13.2 Å². The molecule has 2 saturated heterocycles. The minimum Gasteiger partial charge on any atom is -0.497 e. The van der Waals surface area contributed by atoms with Gasteiger partial charge in [0.25, 0.3) is 0 Å². The van der Waals surface area contributed by atoms with Crippen LogP contribution in [0.1, 0.15) is 12.8 Å². The fourth-order valence-electron chi connectivity index (χ4n) is 3.34. The second-order valence-corrected chi connectivity index (χ2v) is 6.34. The molecular formula is C17H26N4O3. The van der Waals surface area contributed by atoms with E-state index in [1.807, 2.05) is 17.0 Å². The number of aromatic nitrogens is 1. The van der Waals surface area contributed by atoms with Crippen molar-refractivity contribution >= 4 is 11.7 Å². The number of hydrogen-bond acceptors (Lipinski definition) is 6. The van der Waals surface area contributed by atoms with E-state index in [9.17, 15) is 4.79 Å². The normalized spacial score (nSPS) is 20.8. The minimum absolute atomic E-state index is 0.0696. The molecule has 7 heteroatoms. The van der Waals surface area contributed by atoms with Crippen molar-refractivity contribution in [2.75, 3.05) is 51.4 Å². The van der Waals surface area contributed by atoms with Crippen LogP contribution >= 0.6 is 0 Å². The lowest BCUT2D eigenvalue weighted by molar-refractivity contribution is -0.135. The largest absolute Gasteiger partial charge is 0.497 e. The molecule has 3 rings (SSSR count). The molecule has 1 atom stereocenters. The highest BCUT2D eigenvalue weighted by Crippen LogP contribution is 2.22. The predicted molar refractivity (Wildman–Crippen MR) is 91.1 cm³/mol. The fraction of sp³-hybridized carbons (Fsp3) is 0.647. The molecule has 0 spiro atoms. The summed E-state index contributed by atoms with van der Waals surface area (Å²) in [5, 5.41) is 0. The summed E-state index contributed by atoms with van der Waals surface area (Å²) < 4.78 is 10.6. The van der Waals surface area contributed by atoms with Gasteiger partial charge in [-0.2, -0.15) is 0 Å². The lowest BCUT2D eigenvalue weighted by Crippen LogP contribution is -2.55. The first-order chi connectivity index (χ1) is 11.7. The van der Waals surface area contributed by atoms with Crippen molar-refractivity contribution in [2.24, 2.45) is 11.7 Å². The maximum atomic E-state index is 12.6. The molecule has 0 saturated carbocycles. The van der Waals surface area contributed by atoms with E-state index in [0.717, 1.165) is 37.5 Å². The van der Waals surface area contributed by atoms with Crippen molar-refractivity contribution in [3.05, 3.63) is 18.3 Å². The summed E-state index contributed by atoms with van der Waals surface area (Å²) in [5.74, 6) is 1.99. The SMILES string of the molecule is COc1ccnc(N2CCN(C(=O)C(N)C3CCOCC3)CC2)c1. The summed E-state index contributed by atoms with van der Waals surface area (Å²) in [6.07, 6.45) is 3.49. The van der Waals surface area contributed by atoms with Gasteiger partial charge in [0.15, 0.2) is 0 Å². The van der Waals surface area contributed by atoms with Crippen molar-refractivity contribution in [1.82, 2.24) is 9.88 Å². The van der Waals surface area contributed by atoms with E-state index < -0.39 is 6.04 Å². The fourth-order valence-corrected chi connectivity index (χ4v) is 3.34. The molecule has 7 nitrogen and oxygen atoms in total. The van der Waals surface area contributed by atoms with Gasteiger partial charge in [0.2, 0.25) is 5.91 Å². The molecule has 2 aliphatic rings. The first kappa shape index (κ1) is 17.0. The zero-order valence-electron chi connectivity index (χ0n) is 14.2. The molecule has 24 heavy (non-hydrogen) atoms. The molecule has 0 aromatic carbocycles. The lowest BCUT2D eigenvalue weighted by atomic mass is 9.91. The van der Waals surface area contributed by atoms with Gasteiger partial charge >= 0.3 is 0 Å². The van der Waals surface area contributed by atoms with Crippen molar-refractivity contribution in [2.45, 2.75) is 18.9 Å². The number of nitrogens with two attached hydrogens (primary N) is 1. The summed E-state index contributed by atoms with van der Waals surface area (Å²) in [6.45, 7) is 4.28. The van der Waals surface area contributed by atoms with E-state index in [0.29, 0.717) is 26.3 Å². The van der Waals surface area contributed by atoms with Crippen LogP contribution in [-0.2, 0) is 9.53 Å². The molecular weight excluding hydrogens is 308 g/mol. The molecule has 1 amide bonds. The highest BCUT2D eigenvalue weighted by Gasteiger charge is 2.31. The summed E-state index contributed by atoms with van der Waals surface area (Å²) in [5.41, 5.74) is 6.22. The standard InChI is InChI=1S/C17H26N4O3/c1-23-14-2-5-19-15(12-14)20-6-8-21(9-7-20)17(22)16(18)13-3-10-24-11-4-13/h2,5,12-13,16H,3-4,6-11,18H2,1H3. The molecule has 1 aromatic heterocycles. The number of nitrogens with zero attached hydrogens (tertiary/aromatic N) is 3. The predicted octanol–water partition coefficient (Wildman–Crippen LogP) is 0.493. The molecule has 132 valence electrons. The molecule has 0 radical (unpaired) electrons. The Morgan fingerprint density at radius 1 is 1.33 bits per heavy atom. The van der Waals surface area contributed by atoms with Crippen LogP contribution < -0.4 is 15.4 Å². The third-order valence-electron chi connectivity index (χ3n) is 4.93. The number of carbonyl (C=O) groups excluding carboxylic acids is 1. The van der Waals surface area contributed by atoms with Crippen LogP contribution in [0.15, 0.2) is 18.3 Å². The lowest BCUT2D eigenvalue weighted by Gasteiger charge is -2.38. The first-order valence-electron chi connectivity index (χ1n) is 8.56. The number of pyridine rings is 1. The van der Waals surface area contributed by atoms with E-state index in [4.69, 9.17) is 15.2 Å². The van der Waals surface area contributed by atoms with Crippen LogP contribution in [0.5, 0.6) is 5.75 Å². The van der Waals surface area contributed by atoms with Gasteiger partial charge in [-0.05, 0) is 24.8 Å². The molecule has 3 heterocycles. The Kier molecular flexibility index (Phi) is 5.52. The number of rotatable bonds is 4. The van der Waals surface area contributed by atoms with Crippen molar-refractivity contribution in [3.8, 4) is 5.75 Å². The second kappa shape index (κ2) is 7.81. The van der Waals surface area contributed by atoms with Gasteiger partial charge in [-0.1, -0.05) is 0 Å². The highest BCUT2D eigenvalue weighted by atomic mass is 16.5. The quantitative estimate of drug-likeness (QED) is 0.863. The Bertz CT molecular complexity index is 555. The van der Waals surface area contributed by atoms with Gasteiger partial charge in [-0.3, -0.25) is 4.79 Å². The zero-order valence-corrected chi connectivity index (χ0v) is 14.2. The van der Waals surface area contributed by atoms with Crippen LogP contribution in [-0.4, -0.2) is 68.3 Å². The van der Waals surface area contributed by atoms with Crippen LogP contribution in [0.2, 0.25) is 0 Å². The van der Waals surface area contributed by atoms with Gasteiger partial charge in [0, 0.05) is 51.7 Å². The molecule has 2 aliphatic heterocycles. The first-order valence-corrected chi connectivity index (χ1v) is 8.56. The van der Waals surface area contributed by atoms with Gasteiger partial charge in [0.1, 0.15) is 11.6 Å². The maximum Gasteiger partial charge on any atom is 0.239 e. The third-order valence-corrected chi connectivity index (χ3v) is 4.93. The minimum atomic E-state index is -0.407. The maximum absolute atomic E-state index is 12.6. The Balaban J connectivity index is 1.55. The molecule has 0 bridgehead atoms. The molecule has 0 aliphatic carbocycles. The summed E-state index contributed by atoms with van der Waals surface area (Å²) in [6, 6.07) is 3.34. The average molecular weight is 334 g/mol. The second-order valence-electron chi connectivity index (χ2n) is 6.34. The molecule has 1 aromatic rings. The number of ether oxygens (including phenoxy) is 2. The van der Waals surface area contributed by atoms with Crippen LogP contribution in [0.4, 0.5) is 5.82 Å². The van der Waals surface area contributed by atoms with Gasteiger partial charge < -0.3 is 25.0 Å². The van der Waals surface area contributed by atoms with Crippen molar-refractivity contribution in [3.63, 3.8) is 0 Å². The Morgan fingerprint density at radius 2 is 2.04 bits per heavy atom. The number of amides is 1. The topological polar surface area (TPSA) is 80.9 Å². The number of anilines is 1. The summed E-state index contributed by atoms with van der Waals surface area (Å²) in [4.78, 5) is 21.1. The van der Waals surface area contributed by atoms with Crippen LogP contribution in [0.25, 0.3) is 0 Å². The Morgan fingerprint density at radius 3 is 2.71 bits per heavy atom. The van der Waals surface area contributed by atoms with E-state index in [1.165, 1.54) is 0 Å². The highest BCUT2D eigenvalue weighted by molar-refractivity contribution is 5.82. The smallest absolute Gasteiger partial charge is 0.239 e. The number of piperazine rings is 1. The van der Waals surface area contributed by atoms with Crippen LogP contribution in [0, 0.1) is 5.92 Å². The molecule has 2 N–H and O–H groups in total. The van der Waals surface area contributed by atoms with E-state index in [-0.39, 0.29) is 11.8 Å². The van der Waals surface area contributed by atoms with Gasteiger partial charge in [-0.15, -0.1) is 0 Å². The van der Waals surface area contributed by atoms with E-state index in [1.54, 1.807) is 13.3 Å². The number of hydrogen-bond donors (Lipinski definition) is 1. The third kappa shape index (κ3) is 3.79. The molecule has 2 fully saturated rings. The average Bonchev–Trinajstić information content (AvgIpc) is 2.67. The Hall–Kier alpha value is -1.86. The summed E-state index contributed by atoms with van der Waals surface area (Å²) in [7, 11) is 1.65. The van der Waals surface area contributed by atoms with E-state index >= 15 is 0 Å². The van der Waals surface area contributed by atoms with Crippen molar-refractivity contribution < 1.29 is 14.3 Å². The van der Waals surface area contributed by atoms with Crippen molar-refractivity contribution in [1.29, 1.82) is 0 Å². The van der Waals surface area contributed by atoms with Crippen LogP contribution in [0.3, 0.4) is 0 Å². The summed E-state index contributed by atoms with van der Waals surface area (Å²) >= 11 is 0.